The normalized spacial score (nSPS) is 19.0. The standard InChI is InChI=1S/C13H19NO4S/c1-4-19(15,16)14-10-5-7-11(8-6-10)18-13(2,3)12-9-17-12/h5-8,12,14H,4,9H2,1-3H3. The summed E-state index contributed by atoms with van der Waals surface area (Å²) in [4.78, 5) is 0. The predicted molar refractivity (Wildman–Crippen MR) is 74.0 cm³/mol. The summed E-state index contributed by atoms with van der Waals surface area (Å²) in [7, 11) is -3.23. The zero-order valence-corrected chi connectivity index (χ0v) is 12.2. The van der Waals surface area contributed by atoms with Crippen LogP contribution in [0.1, 0.15) is 20.8 Å². The monoisotopic (exact) mass is 285 g/mol. The molecule has 1 aliphatic rings. The van der Waals surface area contributed by atoms with Crippen LogP contribution in [0.2, 0.25) is 0 Å². The van der Waals surface area contributed by atoms with Gasteiger partial charge in [0.25, 0.3) is 0 Å². The van der Waals surface area contributed by atoms with Crippen LogP contribution in [-0.2, 0) is 14.8 Å². The summed E-state index contributed by atoms with van der Waals surface area (Å²) in [6, 6.07) is 6.87. The van der Waals surface area contributed by atoms with E-state index in [4.69, 9.17) is 9.47 Å². The van der Waals surface area contributed by atoms with Crippen molar-refractivity contribution in [1.29, 1.82) is 0 Å². The van der Waals surface area contributed by atoms with Crippen LogP contribution >= 0.6 is 0 Å². The maximum atomic E-state index is 11.4. The van der Waals surface area contributed by atoms with Gasteiger partial charge in [-0.1, -0.05) is 0 Å². The van der Waals surface area contributed by atoms with E-state index < -0.39 is 10.0 Å². The molecule has 1 fully saturated rings. The number of hydrogen-bond donors (Lipinski definition) is 1. The molecule has 19 heavy (non-hydrogen) atoms. The number of hydrogen-bond acceptors (Lipinski definition) is 4. The summed E-state index contributed by atoms with van der Waals surface area (Å²) in [5.41, 5.74) is 0.166. The summed E-state index contributed by atoms with van der Waals surface area (Å²) in [6.45, 7) is 6.26. The average Bonchev–Trinajstić information content (AvgIpc) is 3.15. The molecule has 0 radical (unpaired) electrons. The van der Waals surface area contributed by atoms with Gasteiger partial charge < -0.3 is 9.47 Å². The van der Waals surface area contributed by atoms with Crippen LogP contribution in [0.3, 0.4) is 0 Å². The van der Waals surface area contributed by atoms with Gasteiger partial charge in [-0.15, -0.1) is 0 Å². The van der Waals surface area contributed by atoms with E-state index in [1.165, 1.54) is 0 Å². The van der Waals surface area contributed by atoms with Gasteiger partial charge in [0.05, 0.1) is 12.4 Å². The second kappa shape index (κ2) is 5.02. The maximum Gasteiger partial charge on any atom is 0.232 e. The van der Waals surface area contributed by atoms with Crippen molar-refractivity contribution in [3.63, 3.8) is 0 Å². The minimum Gasteiger partial charge on any atom is -0.485 e. The second-order valence-corrected chi connectivity index (χ2v) is 7.07. The predicted octanol–water partition coefficient (Wildman–Crippen LogP) is 2.00. The van der Waals surface area contributed by atoms with Crippen LogP contribution in [0, 0.1) is 0 Å². The zero-order chi connectivity index (χ0) is 14.1. The van der Waals surface area contributed by atoms with Gasteiger partial charge in [0, 0.05) is 5.69 Å². The van der Waals surface area contributed by atoms with E-state index in [-0.39, 0.29) is 17.5 Å². The minimum atomic E-state index is -3.23. The Hall–Kier alpha value is -1.27. The third kappa shape index (κ3) is 3.84. The van der Waals surface area contributed by atoms with Crippen LogP contribution in [-0.4, -0.2) is 32.5 Å². The van der Waals surface area contributed by atoms with Crippen molar-refractivity contribution in [3.05, 3.63) is 24.3 Å². The lowest BCUT2D eigenvalue weighted by atomic mass is 10.1. The lowest BCUT2D eigenvalue weighted by Gasteiger charge is -2.24. The molecule has 1 aromatic carbocycles. The molecule has 1 atom stereocenters. The molecule has 1 heterocycles. The summed E-state index contributed by atoms with van der Waals surface area (Å²) in [5.74, 6) is 0.747. The molecule has 2 rings (SSSR count). The molecule has 1 aliphatic heterocycles. The summed E-state index contributed by atoms with van der Waals surface area (Å²) in [5, 5.41) is 0. The number of rotatable bonds is 6. The molecule has 0 aromatic heterocycles. The SMILES string of the molecule is CCS(=O)(=O)Nc1ccc(OC(C)(C)C2CO2)cc1. The molecule has 0 saturated carbocycles. The largest absolute Gasteiger partial charge is 0.485 e. The Morgan fingerprint density at radius 1 is 1.37 bits per heavy atom. The lowest BCUT2D eigenvalue weighted by Crippen LogP contribution is -2.34. The molecule has 0 bridgehead atoms. The first-order valence-electron chi connectivity index (χ1n) is 6.23. The smallest absolute Gasteiger partial charge is 0.232 e. The lowest BCUT2D eigenvalue weighted by molar-refractivity contribution is 0.0744. The number of anilines is 1. The van der Waals surface area contributed by atoms with Crippen molar-refractivity contribution in [2.24, 2.45) is 0 Å². The van der Waals surface area contributed by atoms with Crippen LogP contribution in [0.25, 0.3) is 0 Å². The highest BCUT2D eigenvalue weighted by atomic mass is 32.2. The van der Waals surface area contributed by atoms with Crippen molar-refractivity contribution >= 4 is 15.7 Å². The average molecular weight is 285 g/mol. The Morgan fingerprint density at radius 2 is 1.95 bits per heavy atom. The molecule has 0 amide bonds. The molecule has 1 aromatic rings. The van der Waals surface area contributed by atoms with Crippen molar-refractivity contribution in [1.82, 2.24) is 0 Å². The molecule has 0 aliphatic carbocycles. The van der Waals surface area contributed by atoms with Crippen LogP contribution < -0.4 is 9.46 Å². The summed E-state index contributed by atoms with van der Waals surface area (Å²) >= 11 is 0. The second-order valence-electron chi connectivity index (χ2n) is 5.06. The molecule has 6 heteroatoms. The van der Waals surface area contributed by atoms with Gasteiger partial charge >= 0.3 is 0 Å². The van der Waals surface area contributed by atoms with Gasteiger partial charge in [0.2, 0.25) is 10.0 Å². The van der Waals surface area contributed by atoms with E-state index >= 15 is 0 Å². The molecular formula is C13H19NO4S. The van der Waals surface area contributed by atoms with Gasteiger partial charge in [-0.05, 0) is 45.0 Å². The molecule has 5 nitrogen and oxygen atoms in total. The molecular weight excluding hydrogens is 266 g/mol. The van der Waals surface area contributed by atoms with Gasteiger partial charge in [-0.3, -0.25) is 4.72 Å². The first-order valence-corrected chi connectivity index (χ1v) is 7.89. The topological polar surface area (TPSA) is 67.9 Å². The number of ether oxygens (including phenoxy) is 2. The van der Waals surface area contributed by atoms with E-state index in [0.717, 1.165) is 6.61 Å². The zero-order valence-electron chi connectivity index (χ0n) is 11.3. The van der Waals surface area contributed by atoms with E-state index in [2.05, 4.69) is 4.72 Å². The van der Waals surface area contributed by atoms with Crippen molar-refractivity contribution in [2.75, 3.05) is 17.1 Å². The minimum absolute atomic E-state index is 0.0529. The van der Waals surface area contributed by atoms with Crippen LogP contribution in [0.5, 0.6) is 5.75 Å². The highest BCUT2D eigenvalue weighted by molar-refractivity contribution is 7.92. The highest BCUT2D eigenvalue weighted by Gasteiger charge is 2.41. The van der Waals surface area contributed by atoms with Crippen molar-refractivity contribution in [3.8, 4) is 5.75 Å². The van der Waals surface area contributed by atoms with Crippen LogP contribution in [0.15, 0.2) is 24.3 Å². The molecule has 1 saturated heterocycles. The fourth-order valence-corrected chi connectivity index (χ4v) is 2.30. The van der Waals surface area contributed by atoms with Crippen LogP contribution in [0.4, 0.5) is 5.69 Å². The Kier molecular flexibility index (Phi) is 3.73. The first kappa shape index (κ1) is 14.1. The summed E-state index contributed by atoms with van der Waals surface area (Å²) in [6.07, 6.45) is 0.130. The molecule has 106 valence electrons. The molecule has 1 N–H and O–H groups in total. The summed E-state index contributed by atoms with van der Waals surface area (Å²) < 4.78 is 36.4. The highest BCUT2D eigenvalue weighted by Crippen LogP contribution is 2.30. The van der Waals surface area contributed by atoms with Gasteiger partial charge in [0.15, 0.2) is 0 Å². The molecule has 1 unspecified atom stereocenters. The van der Waals surface area contributed by atoms with E-state index in [9.17, 15) is 8.42 Å². The van der Waals surface area contributed by atoms with Gasteiger partial charge in [-0.2, -0.15) is 0 Å². The third-order valence-corrected chi connectivity index (χ3v) is 4.30. The maximum absolute atomic E-state index is 11.4. The van der Waals surface area contributed by atoms with Gasteiger partial charge in [0.1, 0.15) is 17.5 Å². The third-order valence-electron chi connectivity index (χ3n) is 3.00. The quantitative estimate of drug-likeness (QED) is 0.812. The van der Waals surface area contributed by atoms with Gasteiger partial charge in [-0.25, -0.2) is 8.42 Å². The first-order chi connectivity index (χ1) is 8.82. The van der Waals surface area contributed by atoms with E-state index in [1.807, 2.05) is 13.8 Å². The number of benzene rings is 1. The van der Waals surface area contributed by atoms with Crippen molar-refractivity contribution in [2.45, 2.75) is 32.5 Å². The Morgan fingerprint density at radius 3 is 2.42 bits per heavy atom. The Balaban J connectivity index is 2.02. The van der Waals surface area contributed by atoms with E-state index in [0.29, 0.717) is 11.4 Å². The fraction of sp³-hybridized carbons (Fsp3) is 0.538. The Bertz CT molecular complexity index is 532. The number of epoxide rings is 1. The number of nitrogens with one attached hydrogen (secondary N) is 1. The Labute approximate surface area is 114 Å². The fourth-order valence-electron chi connectivity index (χ4n) is 1.66. The molecule has 0 spiro atoms. The van der Waals surface area contributed by atoms with Crippen molar-refractivity contribution < 1.29 is 17.9 Å². The number of sulfonamides is 1. The van der Waals surface area contributed by atoms with E-state index in [1.54, 1.807) is 31.2 Å².